The van der Waals surface area contributed by atoms with Crippen LogP contribution in [0.4, 0.5) is 5.69 Å². The van der Waals surface area contributed by atoms with Crippen LogP contribution in [-0.4, -0.2) is 29.7 Å². The van der Waals surface area contributed by atoms with E-state index in [9.17, 15) is 28.5 Å². The third kappa shape index (κ3) is 3.81. The molecule has 0 heterocycles. The van der Waals surface area contributed by atoms with Gasteiger partial charge in [0, 0.05) is 0 Å². The first kappa shape index (κ1) is 16.4. The van der Waals surface area contributed by atoms with E-state index in [1.807, 2.05) is 0 Å². The highest BCUT2D eigenvalue weighted by Crippen LogP contribution is 2.35. The fraction of sp³-hybridized carbons (Fsp3) is 0. The highest BCUT2D eigenvalue weighted by atomic mass is 32.2. The second-order valence-electron chi connectivity index (χ2n) is 4.42. The highest BCUT2D eigenvalue weighted by Gasteiger charge is 2.15. The molecule has 0 radical (unpaired) electrons. The average Bonchev–Trinajstić information content (AvgIpc) is 2.49. The molecule has 0 fully saturated rings. The van der Waals surface area contributed by atoms with E-state index in [4.69, 9.17) is 9.98 Å². The average molecular weight is 340 g/mol. The van der Waals surface area contributed by atoms with Gasteiger partial charge in [-0.3, -0.25) is 0 Å². The Labute approximate surface area is 130 Å². The number of nitrogens with two attached hydrogens (primary N) is 1. The molecule has 0 aliphatic rings. The first-order valence-corrected chi connectivity index (χ1v) is 7.58. The predicted molar refractivity (Wildman–Crippen MR) is 78.3 cm³/mol. The maximum absolute atomic E-state index is 11.8. The lowest BCUT2D eigenvalue weighted by Gasteiger charge is -2.08. The number of sulfonamides is 1. The van der Waals surface area contributed by atoms with E-state index in [1.165, 1.54) is 24.3 Å². The number of benzene rings is 2. The number of carbonyl (C=O) groups is 1. The molecule has 122 valence electrons. The zero-order valence-electron chi connectivity index (χ0n) is 11.4. The van der Waals surface area contributed by atoms with Gasteiger partial charge in [-0.05, 0) is 36.4 Å². The van der Waals surface area contributed by atoms with Crippen molar-refractivity contribution in [1.29, 1.82) is 0 Å². The number of nitrogens with one attached hydrogen (secondary N) is 1. The fourth-order valence-electron chi connectivity index (χ4n) is 1.60. The molecular formula is C13H12N2O7S. The van der Waals surface area contributed by atoms with Gasteiger partial charge in [-0.2, -0.15) is 0 Å². The van der Waals surface area contributed by atoms with Crippen molar-refractivity contribution in [3.8, 4) is 17.2 Å². The fourth-order valence-corrected chi connectivity index (χ4v) is 2.11. The normalized spacial score (nSPS) is 11.0. The minimum Gasteiger partial charge on any atom is -0.504 e. The van der Waals surface area contributed by atoms with E-state index in [-0.39, 0.29) is 16.1 Å². The zero-order valence-corrected chi connectivity index (χ0v) is 12.2. The quantitative estimate of drug-likeness (QED) is 0.400. The molecule has 6 N–H and O–H groups in total. The maximum atomic E-state index is 11.8. The number of hydrogen-bond donors (Lipinski definition) is 5. The van der Waals surface area contributed by atoms with E-state index in [0.717, 1.165) is 12.1 Å². The Bertz CT molecular complexity index is 824. The lowest BCUT2D eigenvalue weighted by molar-refractivity contribution is 0.0595. The first-order chi connectivity index (χ1) is 10.7. The Balaban J connectivity index is 2.07. The van der Waals surface area contributed by atoms with Crippen LogP contribution in [0.15, 0.2) is 41.3 Å². The molecule has 2 aromatic rings. The Hall–Kier alpha value is -2.98. The number of rotatable bonds is 4. The number of primary sulfonamides is 1. The van der Waals surface area contributed by atoms with Crippen molar-refractivity contribution >= 4 is 21.7 Å². The second-order valence-corrected chi connectivity index (χ2v) is 5.99. The molecule has 9 nitrogen and oxygen atoms in total. The molecule has 0 saturated heterocycles. The van der Waals surface area contributed by atoms with Gasteiger partial charge in [0.2, 0.25) is 10.0 Å². The number of carbonyl (C=O) groups excluding carboxylic acids is 1. The molecule has 0 bridgehead atoms. The van der Waals surface area contributed by atoms with Crippen LogP contribution < -0.4 is 10.6 Å². The summed E-state index contributed by atoms with van der Waals surface area (Å²) in [5.74, 6) is -3.08. The van der Waals surface area contributed by atoms with Crippen LogP contribution in [0.25, 0.3) is 0 Å². The molecule has 0 amide bonds. The summed E-state index contributed by atoms with van der Waals surface area (Å²) >= 11 is 0. The number of phenolic OH excluding ortho intramolecular Hbond substituents is 3. The zero-order chi connectivity index (χ0) is 17.2. The third-order valence-electron chi connectivity index (χ3n) is 2.75. The lowest BCUT2D eigenvalue weighted by Crippen LogP contribution is -2.13. The van der Waals surface area contributed by atoms with E-state index >= 15 is 0 Å². The van der Waals surface area contributed by atoms with Crippen molar-refractivity contribution in [2.24, 2.45) is 5.14 Å². The van der Waals surface area contributed by atoms with Gasteiger partial charge >= 0.3 is 5.97 Å². The van der Waals surface area contributed by atoms with Gasteiger partial charge in [0.15, 0.2) is 17.2 Å². The highest BCUT2D eigenvalue weighted by molar-refractivity contribution is 7.89. The summed E-state index contributed by atoms with van der Waals surface area (Å²) in [7, 11) is -3.82. The van der Waals surface area contributed by atoms with Crippen molar-refractivity contribution in [2.75, 3.05) is 5.48 Å². The summed E-state index contributed by atoms with van der Waals surface area (Å²) in [5, 5.41) is 32.8. The molecule has 2 rings (SSSR count). The molecule has 0 aliphatic heterocycles. The van der Waals surface area contributed by atoms with Crippen molar-refractivity contribution in [3.05, 3.63) is 42.0 Å². The molecule has 2 aromatic carbocycles. The van der Waals surface area contributed by atoms with Gasteiger partial charge < -0.3 is 20.2 Å². The van der Waals surface area contributed by atoms with Gasteiger partial charge in [0.25, 0.3) is 0 Å². The SMILES string of the molecule is NS(=O)(=O)c1ccc(NOC(=O)c2cc(O)c(O)c(O)c2)cc1. The molecule has 0 aliphatic carbocycles. The third-order valence-corrected chi connectivity index (χ3v) is 3.68. The molecule has 0 atom stereocenters. The summed E-state index contributed by atoms with van der Waals surface area (Å²) in [4.78, 5) is 16.4. The van der Waals surface area contributed by atoms with Crippen molar-refractivity contribution < 1.29 is 33.4 Å². The Morgan fingerprint density at radius 1 is 1.04 bits per heavy atom. The molecule has 0 saturated carbocycles. The number of hydrogen-bond acceptors (Lipinski definition) is 8. The molecular weight excluding hydrogens is 328 g/mol. The van der Waals surface area contributed by atoms with Crippen molar-refractivity contribution in [3.63, 3.8) is 0 Å². The van der Waals surface area contributed by atoms with Gasteiger partial charge in [0.05, 0.1) is 16.1 Å². The Kier molecular flexibility index (Phi) is 4.29. The Morgan fingerprint density at radius 2 is 1.57 bits per heavy atom. The standard InChI is InChI=1S/C13H12N2O7S/c14-23(20,21)9-3-1-8(2-4-9)15-22-13(19)7-5-10(16)12(18)11(17)6-7/h1-6,15-18H,(H2,14,20,21). The molecule has 0 aromatic heterocycles. The van der Waals surface area contributed by atoms with Gasteiger partial charge in [-0.15, -0.1) is 0 Å². The minimum atomic E-state index is -3.82. The summed E-state index contributed by atoms with van der Waals surface area (Å²) in [6, 6.07) is 6.87. The summed E-state index contributed by atoms with van der Waals surface area (Å²) in [6.07, 6.45) is 0. The smallest absolute Gasteiger partial charge is 0.363 e. The van der Waals surface area contributed by atoms with E-state index in [0.29, 0.717) is 0 Å². The van der Waals surface area contributed by atoms with Crippen LogP contribution in [0.3, 0.4) is 0 Å². The molecule has 23 heavy (non-hydrogen) atoms. The van der Waals surface area contributed by atoms with Crippen LogP contribution >= 0.6 is 0 Å². The van der Waals surface area contributed by atoms with Gasteiger partial charge in [-0.1, -0.05) is 0 Å². The largest absolute Gasteiger partial charge is 0.504 e. The predicted octanol–water partition coefficient (Wildman–Crippen LogP) is 0.635. The Morgan fingerprint density at radius 3 is 2.04 bits per heavy atom. The van der Waals surface area contributed by atoms with E-state index in [2.05, 4.69) is 5.48 Å². The van der Waals surface area contributed by atoms with Crippen LogP contribution in [0.5, 0.6) is 17.2 Å². The number of phenols is 3. The molecule has 0 unspecified atom stereocenters. The number of aromatic hydroxyl groups is 3. The number of anilines is 1. The minimum absolute atomic E-state index is 0.109. The van der Waals surface area contributed by atoms with Crippen LogP contribution in [0.1, 0.15) is 10.4 Å². The van der Waals surface area contributed by atoms with E-state index in [1.54, 1.807) is 0 Å². The maximum Gasteiger partial charge on any atom is 0.363 e. The summed E-state index contributed by atoms with van der Waals surface area (Å²) in [5.41, 5.74) is 2.31. The monoisotopic (exact) mass is 340 g/mol. The van der Waals surface area contributed by atoms with Crippen LogP contribution in [0.2, 0.25) is 0 Å². The summed E-state index contributed by atoms with van der Waals surface area (Å²) in [6.45, 7) is 0. The summed E-state index contributed by atoms with van der Waals surface area (Å²) < 4.78 is 22.2. The van der Waals surface area contributed by atoms with Crippen molar-refractivity contribution in [1.82, 2.24) is 0 Å². The lowest BCUT2D eigenvalue weighted by atomic mass is 10.2. The molecule has 0 spiro atoms. The first-order valence-electron chi connectivity index (χ1n) is 6.03. The van der Waals surface area contributed by atoms with Gasteiger partial charge in [0.1, 0.15) is 0 Å². The van der Waals surface area contributed by atoms with Crippen LogP contribution in [-0.2, 0) is 14.9 Å². The molecule has 10 heteroatoms. The second kappa shape index (κ2) is 6.02. The van der Waals surface area contributed by atoms with E-state index < -0.39 is 33.2 Å². The topological polar surface area (TPSA) is 159 Å². The van der Waals surface area contributed by atoms with Gasteiger partial charge in [-0.25, -0.2) is 23.8 Å². The van der Waals surface area contributed by atoms with Crippen molar-refractivity contribution in [2.45, 2.75) is 4.90 Å². The van der Waals surface area contributed by atoms with Crippen LogP contribution in [0, 0.1) is 0 Å².